The molecule has 0 bridgehead atoms. The number of nitrogens with one attached hydrogen (secondary N) is 2. The van der Waals surface area contributed by atoms with Crippen LogP contribution in [0.3, 0.4) is 0 Å². The first kappa shape index (κ1) is 15.3. The number of likely N-dealkylation sites (N-methyl/N-ethyl adjacent to an activating group) is 1. The Labute approximate surface area is 112 Å². The summed E-state index contributed by atoms with van der Waals surface area (Å²) in [5.74, 6) is -1.14. The normalized spacial score (nSPS) is 17.8. The predicted octanol–water partition coefficient (Wildman–Crippen LogP) is 0.160. The van der Waals surface area contributed by atoms with E-state index in [2.05, 4.69) is 10.6 Å². The van der Waals surface area contributed by atoms with E-state index in [-0.39, 0.29) is 12.3 Å². The number of carboxylic acids is 1. The van der Waals surface area contributed by atoms with Crippen molar-refractivity contribution in [2.75, 3.05) is 14.1 Å². The predicted molar refractivity (Wildman–Crippen MR) is 68.7 cm³/mol. The van der Waals surface area contributed by atoms with Crippen molar-refractivity contribution in [3.05, 3.63) is 0 Å². The van der Waals surface area contributed by atoms with Crippen LogP contribution in [0.1, 0.15) is 32.6 Å². The first-order valence-corrected chi connectivity index (χ1v) is 6.27. The summed E-state index contributed by atoms with van der Waals surface area (Å²) in [7, 11) is 3.21. The fourth-order valence-electron chi connectivity index (χ4n) is 2.16. The molecule has 0 aromatic rings. The van der Waals surface area contributed by atoms with E-state index in [0.717, 1.165) is 6.42 Å². The van der Waals surface area contributed by atoms with Crippen LogP contribution in [0.4, 0.5) is 4.79 Å². The van der Waals surface area contributed by atoms with E-state index in [0.29, 0.717) is 12.8 Å². The average molecular weight is 271 g/mol. The smallest absolute Gasteiger partial charge is 0.315 e. The van der Waals surface area contributed by atoms with Gasteiger partial charge >= 0.3 is 12.0 Å². The molecule has 7 nitrogen and oxygen atoms in total. The second-order valence-electron chi connectivity index (χ2n) is 5.26. The molecule has 19 heavy (non-hydrogen) atoms. The van der Waals surface area contributed by atoms with Crippen molar-refractivity contribution in [2.45, 2.75) is 44.2 Å². The minimum absolute atomic E-state index is 0.0869. The van der Waals surface area contributed by atoms with Gasteiger partial charge in [-0.1, -0.05) is 0 Å². The van der Waals surface area contributed by atoms with Gasteiger partial charge in [-0.3, -0.25) is 9.59 Å². The quantitative estimate of drug-likeness (QED) is 0.663. The minimum Gasteiger partial charge on any atom is -0.481 e. The Morgan fingerprint density at radius 1 is 1.32 bits per heavy atom. The molecule has 0 spiro atoms. The fraction of sp³-hybridized carbons (Fsp3) is 0.750. The third-order valence-corrected chi connectivity index (χ3v) is 3.34. The molecule has 1 fully saturated rings. The fourth-order valence-corrected chi connectivity index (χ4v) is 2.16. The minimum atomic E-state index is -0.933. The van der Waals surface area contributed by atoms with Crippen molar-refractivity contribution in [2.24, 2.45) is 0 Å². The SMILES string of the molecule is CC(NC(=O)NC1(CC(=O)O)CCC1)C(=O)N(C)C. The lowest BCUT2D eigenvalue weighted by molar-refractivity contribution is -0.139. The highest BCUT2D eigenvalue weighted by atomic mass is 16.4. The maximum atomic E-state index is 11.8. The van der Waals surface area contributed by atoms with Crippen molar-refractivity contribution in [1.29, 1.82) is 0 Å². The van der Waals surface area contributed by atoms with Crippen LogP contribution < -0.4 is 10.6 Å². The third kappa shape index (κ3) is 4.11. The van der Waals surface area contributed by atoms with Gasteiger partial charge in [0.2, 0.25) is 5.91 Å². The second-order valence-corrected chi connectivity index (χ2v) is 5.26. The lowest BCUT2D eigenvalue weighted by Crippen LogP contribution is -2.59. The molecule has 0 aromatic carbocycles. The zero-order valence-corrected chi connectivity index (χ0v) is 11.5. The van der Waals surface area contributed by atoms with E-state index in [1.807, 2.05) is 0 Å². The molecule has 1 rings (SSSR count). The number of urea groups is 1. The van der Waals surface area contributed by atoms with Gasteiger partial charge in [-0.05, 0) is 26.2 Å². The summed E-state index contributed by atoms with van der Waals surface area (Å²) >= 11 is 0. The standard InChI is InChI=1S/C12H21N3O4/c1-8(10(18)15(2)3)13-11(19)14-12(5-4-6-12)7-9(16)17/h8H,4-7H2,1-3H3,(H,16,17)(H2,13,14,19). The van der Waals surface area contributed by atoms with E-state index in [1.54, 1.807) is 21.0 Å². The maximum Gasteiger partial charge on any atom is 0.315 e. The molecule has 3 amide bonds. The highest BCUT2D eigenvalue weighted by molar-refractivity contribution is 5.86. The van der Waals surface area contributed by atoms with Crippen molar-refractivity contribution in [3.63, 3.8) is 0 Å². The zero-order chi connectivity index (χ0) is 14.6. The molecule has 1 unspecified atom stereocenters. The van der Waals surface area contributed by atoms with Crippen LogP contribution in [0.2, 0.25) is 0 Å². The number of hydrogen-bond donors (Lipinski definition) is 3. The number of rotatable bonds is 5. The lowest BCUT2D eigenvalue weighted by atomic mass is 9.74. The molecular formula is C12H21N3O4. The highest BCUT2D eigenvalue weighted by Crippen LogP contribution is 2.34. The van der Waals surface area contributed by atoms with E-state index >= 15 is 0 Å². The molecule has 108 valence electrons. The Hall–Kier alpha value is -1.79. The summed E-state index contributed by atoms with van der Waals surface area (Å²) in [4.78, 5) is 35.5. The summed E-state index contributed by atoms with van der Waals surface area (Å²) in [6.45, 7) is 1.59. The Balaban J connectivity index is 2.50. The van der Waals surface area contributed by atoms with Gasteiger partial charge in [-0.25, -0.2) is 4.79 Å². The number of nitrogens with zero attached hydrogens (tertiary/aromatic N) is 1. The van der Waals surface area contributed by atoms with Gasteiger partial charge in [0.1, 0.15) is 6.04 Å². The highest BCUT2D eigenvalue weighted by Gasteiger charge is 2.40. The number of carbonyl (C=O) groups is 3. The van der Waals surface area contributed by atoms with Gasteiger partial charge in [0.15, 0.2) is 0 Å². The van der Waals surface area contributed by atoms with Crippen LogP contribution in [0.5, 0.6) is 0 Å². The van der Waals surface area contributed by atoms with E-state index < -0.39 is 23.6 Å². The summed E-state index contributed by atoms with van der Waals surface area (Å²) in [5, 5.41) is 14.0. The summed E-state index contributed by atoms with van der Waals surface area (Å²) in [6.07, 6.45) is 2.13. The van der Waals surface area contributed by atoms with E-state index in [4.69, 9.17) is 5.11 Å². The molecular weight excluding hydrogens is 250 g/mol. The first-order chi connectivity index (χ1) is 8.76. The van der Waals surface area contributed by atoms with Crippen LogP contribution in [0, 0.1) is 0 Å². The Morgan fingerprint density at radius 2 is 1.89 bits per heavy atom. The van der Waals surface area contributed by atoms with Crippen LogP contribution in [-0.4, -0.2) is 53.6 Å². The summed E-state index contributed by atoms with van der Waals surface area (Å²) in [5.41, 5.74) is -0.656. The van der Waals surface area contributed by atoms with Gasteiger partial charge in [-0.2, -0.15) is 0 Å². The molecule has 0 aromatic heterocycles. The lowest BCUT2D eigenvalue weighted by Gasteiger charge is -2.41. The zero-order valence-electron chi connectivity index (χ0n) is 11.5. The largest absolute Gasteiger partial charge is 0.481 e. The number of carboxylic acid groups (broad SMARTS) is 1. The number of hydrogen-bond acceptors (Lipinski definition) is 3. The summed E-state index contributed by atoms with van der Waals surface area (Å²) in [6, 6.07) is -1.14. The van der Waals surface area contributed by atoms with E-state index in [1.165, 1.54) is 4.90 Å². The molecule has 3 N–H and O–H groups in total. The molecule has 1 atom stereocenters. The molecule has 7 heteroatoms. The van der Waals surface area contributed by atoms with Gasteiger partial charge in [0.05, 0.1) is 12.0 Å². The van der Waals surface area contributed by atoms with Crippen LogP contribution in [0.25, 0.3) is 0 Å². The van der Waals surface area contributed by atoms with Gasteiger partial charge in [-0.15, -0.1) is 0 Å². The van der Waals surface area contributed by atoms with Gasteiger partial charge < -0.3 is 20.6 Å². The molecule has 1 aliphatic carbocycles. The second kappa shape index (κ2) is 5.90. The van der Waals surface area contributed by atoms with Crippen LogP contribution >= 0.6 is 0 Å². The monoisotopic (exact) mass is 271 g/mol. The molecule has 0 aliphatic heterocycles. The topological polar surface area (TPSA) is 98.7 Å². The number of aliphatic carboxylic acids is 1. The molecule has 0 saturated heterocycles. The maximum absolute atomic E-state index is 11.8. The molecule has 1 aliphatic rings. The molecule has 1 saturated carbocycles. The summed E-state index contributed by atoms with van der Waals surface area (Å²) < 4.78 is 0. The third-order valence-electron chi connectivity index (χ3n) is 3.34. The average Bonchev–Trinajstić information content (AvgIpc) is 2.23. The molecule has 0 radical (unpaired) electrons. The first-order valence-electron chi connectivity index (χ1n) is 6.27. The van der Waals surface area contributed by atoms with Crippen molar-refractivity contribution < 1.29 is 19.5 Å². The van der Waals surface area contributed by atoms with Crippen molar-refractivity contribution in [1.82, 2.24) is 15.5 Å². The number of carbonyl (C=O) groups excluding carboxylic acids is 2. The van der Waals surface area contributed by atoms with E-state index in [9.17, 15) is 14.4 Å². The van der Waals surface area contributed by atoms with Crippen molar-refractivity contribution in [3.8, 4) is 0 Å². The van der Waals surface area contributed by atoms with Gasteiger partial charge in [0.25, 0.3) is 0 Å². The number of amides is 3. The van der Waals surface area contributed by atoms with Crippen molar-refractivity contribution >= 4 is 17.9 Å². The molecule has 0 heterocycles. The van der Waals surface area contributed by atoms with Crippen LogP contribution in [0.15, 0.2) is 0 Å². The Bertz CT molecular complexity index is 377. The van der Waals surface area contributed by atoms with Crippen LogP contribution in [-0.2, 0) is 9.59 Å². The Kier molecular flexibility index (Phi) is 4.74. The Morgan fingerprint density at radius 3 is 2.26 bits per heavy atom. The van der Waals surface area contributed by atoms with Gasteiger partial charge in [0, 0.05) is 14.1 Å².